The zero-order chi connectivity index (χ0) is 15.1. The molecule has 1 amide bonds. The van der Waals surface area contributed by atoms with E-state index >= 15 is 0 Å². The van der Waals surface area contributed by atoms with E-state index in [9.17, 15) is 4.79 Å². The molecule has 0 aliphatic carbocycles. The molecule has 0 aliphatic rings. The molecule has 0 radical (unpaired) electrons. The minimum absolute atomic E-state index is 0.116. The molecule has 3 heteroatoms. The Labute approximate surface area is 122 Å². The number of hydrogen-bond acceptors (Lipinski definition) is 2. The van der Waals surface area contributed by atoms with Crippen molar-refractivity contribution in [1.29, 1.82) is 0 Å². The van der Waals surface area contributed by atoms with E-state index in [0.29, 0.717) is 18.4 Å². The minimum Gasteiger partial charge on any atom is -0.380 e. The minimum atomic E-state index is 0.116. The van der Waals surface area contributed by atoms with E-state index in [1.165, 1.54) is 0 Å². The Morgan fingerprint density at radius 2 is 1.75 bits per heavy atom. The first-order valence-corrected chi connectivity index (χ1v) is 7.31. The van der Waals surface area contributed by atoms with Gasteiger partial charge < -0.3 is 9.64 Å². The van der Waals surface area contributed by atoms with Crippen LogP contribution in [0.1, 0.15) is 43.6 Å². The fourth-order valence-electron chi connectivity index (χ4n) is 2.27. The van der Waals surface area contributed by atoms with Gasteiger partial charge in [-0.05, 0) is 29.5 Å². The van der Waals surface area contributed by atoms with Gasteiger partial charge in [-0.2, -0.15) is 0 Å². The van der Waals surface area contributed by atoms with Crippen LogP contribution in [0.5, 0.6) is 0 Å². The zero-order valence-corrected chi connectivity index (χ0v) is 13.3. The van der Waals surface area contributed by atoms with E-state index in [1.54, 1.807) is 7.11 Å². The number of ether oxygens (including phenoxy) is 1. The second kappa shape index (κ2) is 8.05. The van der Waals surface area contributed by atoms with Crippen molar-refractivity contribution in [3.63, 3.8) is 0 Å². The summed E-state index contributed by atoms with van der Waals surface area (Å²) >= 11 is 0. The van der Waals surface area contributed by atoms with Gasteiger partial charge in [0.05, 0.1) is 6.61 Å². The maximum absolute atomic E-state index is 12.7. The Morgan fingerprint density at radius 1 is 1.15 bits per heavy atom. The lowest BCUT2D eigenvalue weighted by atomic mass is 10.1. The fraction of sp³-hybridized carbons (Fsp3) is 0.588. The maximum atomic E-state index is 12.7. The summed E-state index contributed by atoms with van der Waals surface area (Å²) in [4.78, 5) is 14.6. The normalized spacial score (nSPS) is 11.2. The highest BCUT2D eigenvalue weighted by Crippen LogP contribution is 2.13. The zero-order valence-electron chi connectivity index (χ0n) is 13.3. The summed E-state index contributed by atoms with van der Waals surface area (Å²) in [5.74, 6) is 1.06. The van der Waals surface area contributed by atoms with Gasteiger partial charge >= 0.3 is 0 Å². The van der Waals surface area contributed by atoms with Crippen LogP contribution in [-0.4, -0.2) is 31.0 Å². The summed E-state index contributed by atoms with van der Waals surface area (Å²) in [7, 11) is 1.67. The third-order valence-corrected chi connectivity index (χ3v) is 2.94. The summed E-state index contributed by atoms with van der Waals surface area (Å²) in [6.07, 6.45) is 0. The standard InChI is InChI=1S/C17H27NO2/c1-13(2)10-18(11-14(3)4)17(19)16-8-6-7-15(9-16)12-20-5/h6-9,13-14H,10-12H2,1-5H3. The summed E-state index contributed by atoms with van der Waals surface area (Å²) < 4.78 is 5.13. The Hall–Kier alpha value is -1.35. The van der Waals surface area contributed by atoms with Gasteiger partial charge in [0.15, 0.2) is 0 Å². The van der Waals surface area contributed by atoms with Crippen LogP contribution in [0.4, 0.5) is 0 Å². The Balaban J connectivity index is 2.89. The molecule has 0 aliphatic heterocycles. The van der Waals surface area contributed by atoms with Crippen LogP contribution in [0.2, 0.25) is 0 Å². The predicted molar refractivity (Wildman–Crippen MR) is 82.7 cm³/mol. The van der Waals surface area contributed by atoms with Crippen LogP contribution in [-0.2, 0) is 11.3 Å². The second-order valence-electron chi connectivity index (χ2n) is 6.13. The predicted octanol–water partition coefficient (Wildman–Crippen LogP) is 3.59. The van der Waals surface area contributed by atoms with E-state index in [2.05, 4.69) is 27.7 Å². The van der Waals surface area contributed by atoms with Gasteiger partial charge in [-0.25, -0.2) is 0 Å². The third-order valence-electron chi connectivity index (χ3n) is 2.94. The van der Waals surface area contributed by atoms with Crippen LogP contribution >= 0.6 is 0 Å². The molecule has 20 heavy (non-hydrogen) atoms. The van der Waals surface area contributed by atoms with E-state index in [4.69, 9.17) is 4.74 Å². The molecule has 0 bridgehead atoms. The van der Waals surface area contributed by atoms with Gasteiger partial charge in [0.25, 0.3) is 5.91 Å². The molecule has 0 saturated carbocycles. The number of methoxy groups -OCH3 is 1. The van der Waals surface area contributed by atoms with Crippen molar-refractivity contribution in [3.8, 4) is 0 Å². The quantitative estimate of drug-likeness (QED) is 0.762. The monoisotopic (exact) mass is 277 g/mol. The number of carbonyl (C=O) groups is 1. The molecule has 1 aromatic carbocycles. The summed E-state index contributed by atoms with van der Waals surface area (Å²) in [6.45, 7) is 10.7. The lowest BCUT2D eigenvalue weighted by Gasteiger charge is -2.26. The molecule has 1 rings (SSSR count). The van der Waals surface area contributed by atoms with Crippen molar-refractivity contribution in [3.05, 3.63) is 35.4 Å². The smallest absolute Gasteiger partial charge is 0.253 e. The molecule has 0 unspecified atom stereocenters. The molecule has 0 fully saturated rings. The van der Waals surface area contributed by atoms with Gasteiger partial charge in [-0.3, -0.25) is 4.79 Å². The number of amides is 1. The topological polar surface area (TPSA) is 29.5 Å². The number of rotatable bonds is 7. The highest BCUT2D eigenvalue weighted by molar-refractivity contribution is 5.94. The molecule has 112 valence electrons. The molecule has 0 saturated heterocycles. The van der Waals surface area contributed by atoms with Crippen LogP contribution in [0, 0.1) is 11.8 Å². The average molecular weight is 277 g/mol. The third kappa shape index (κ3) is 5.33. The SMILES string of the molecule is COCc1cccc(C(=O)N(CC(C)C)CC(C)C)c1. The maximum Gasteiger partial charge on any atom is 0.253 e. The van der Waals surface area contributed by atoms with Crippen LogP contribution in [0.3, 0.4) is 0 Å². The van der Waals surface area contributed by atoms with Crippen molar-refractivity contribution in [2.24, 2.45) is 11.8 Å². The molecule has 1 aromatic rings. The molecule has 0 N–H and O–H groups in total. The first-order chi connectivity index (χ1) is 9.43. The Bertz CT molecular complexity index is 417. The molecular weight excluding hydrogens is 250 g/mol. The number of hydrogen-bond donors (Lipinski definition) is 0. The van der Waals surface area contributed by atoms with Gasteiger partial charge in [-0.15, -0.1) is 0 Å². The number of benzene rings is 1. The molecule has 3 nitrogen and oxygen atoms in total. The first-order valence-electron chi connectivity index (χ1n) is 7.31. The van der Waals surface area contributed by atoms with Gasteiger partial charge in [0.1, 0.15) is 0 Å². The molecule has 0 aromatic heterocycles. The summed E-state index contributed by atoms with van der Waals surface area (Å²) in [5, 5.41) is 0. The average Bonchev–Trinajstić information content (AvgIpc) is 2.37. The van der Waals surface area contributed by atoms with Crippen LogP contribution in [0.25, 0.3) is 0 Å². The fourth-order valence-corrected chi connectivity index (χ4v) is 2.27. The van der Waals surface area contributed by atoms with Gasteiger partial charge in [-0.1, -0.05) is 39.8 Å². The van der Waals surface area contributed by atoms with Gasteiger partial charge in [0, 0.05) is 25.8 Å². The molecular formula is C17H27NO2. The van der Waals surface area contributed by atoms with E-state index in [0.717, 1.165) is 24.2 Å². The molecule has 0 atom stereocenters. The molecule has 0 heterocycles. The number of nitrogens with zero attached hydrogens (tertiary/aromatic N) is 1. The van der Waals surface area contributed by atoms with E-state index in [1.807, 2.05) is 29.2 Å². The second-order valence-corrected chi connectivity index (χ2v) is 6.13. The lowest BCUT2D eigenvalue weighted by Crippen LogP contribution is -2.37. The van der Waals surface area contributed by atoms with Crippen molar-refractivity contribution in [2.75, 3.05) is 20.2 Å². The van der Waals surface area contributed by atoms with Crippen molar-refractivity contribution in [1.82, 2.24) is 4.90 Å². The van der Waals surface area contributed by atoms with E-state index < -0.39 is 0 Å². The summed E-state index contributed by atoms with van der Waals surface area (Å²) in [5.41, 5.74) is 1.79. The Morgan fingerprint density at radius 3 is 2.25 bits per heavy atom. The van der Waals surface area contributed by atoms with E-state index in [-0.39, 0.29) is 5.91 Å². The van der Waals surface area contributed by atoms with Crippen molar-refractivity contribution in [2.45, 2.75) is 34.3 Å². The van der Waals surface area contributed by atoms with Gasteiger partial charge in [0.2, 0.25) is 0 Å². The van der Waals surface area contributed by atoms with Crippen LogP contribution in [0.15, 0.2) is 24.3 Å². The van der Waals surface area contributed by atoms with Crippen molar-refractivity contribution < 1.29 is 9.53 Å². The highest BCUT2D eigenvalue weighted by atomic mass is 16.5. The molecule has 0 spiro atoms. The Kier molecular flexibility index (Phi) is 6.73. The van der Waals surface area contributed by atoms with Crippen LogP contribution < -0.4 is 0 Å². The number of carbonyl (C=O) groups excluding carboxylic acids is 1. The summed E-state index contributed by atoms with van der Waals surface area (Å²) in [6, 6.07) is 7.72. The lowest BCUT2D eigenvalue weighted by molar-refractivity contribution is 0.0715. The first kappa shape index (κ1) is 16.7. The largest absolute Gasteiger partial charge is 0.380 e. The highest BCUT2D eigenvalue weighted by Gasteiger charge is 2.18. The van der Waals surface area contributed by atoms with Crippen molar-refractivity contribution >= 4 is 5.91 Å².